The van der Waals surface area contributed by atoms with Gasteiger partial charge >= 0.3 is 0 Å². The fourth-order valence-corrected chi connectivity index (χ4v) is 5.99. The molecule has 3 aliphatic rings. The Morgan fingerprint density at radius 3 is 2.71 bits per heavy atom. The van der Waals surface area contributed by atoms with E-state index in [1.54, 1.807) is 6.07 Å². The number of nitroso groups, excluding NO2 is 2. The van der Waals surface area contributed by atoms with Gasteiger partial charge in [-0.15, -0.1) is 9.81 Å². The maximum absolute atomic E-state index is 11.3. The van der Waals surface area contributed by atoms with Gasteiger partial charge in [0.2, 0.25) is 0 Å². The molecule has 0 saturated heterocycles. The number of rotatable bonds is 3. The molecular weight excluding hydrogens is 306 g/mol. The third-order valence-corrected chi connectivity index (χ3v) is 7.13. The van der Waals surface area contributed by atoms with Crippen LogP contribution in [-0.4, -0.2) is 6.10 Å². The summed E-state index contributed by atoms with van der Waals surface area (Å²) in [5.41, 5.74) is 2.72. The lowest BCUT2D eigenvalue weighted by Crippen LogP contribution is -2.45. The Balaban J connectivity index is 1.73. The van der Waals surface area contributed by atoms with Crippen molar-refractivity contribution in [1.29, 1.82) is 0 Å². The third kappa shape index (κ3) is 2.02. The minimum Gasteiger partial charge on any atom is -0.301 e. The molecule has 2 saturated carbocycles. The molecule has 1 aromatic carbocycles. The van der Waals surface area contributed by atoms with Crippen molar-refractivity contribution >= 4 is 11.4 Å². The molecule has 0 aromatic heterocycles. The van der Waals surface area contributed by atoms with Crippen molar-refractivity contribution in [3.8, 4) is 0 Å². The fraction of sp³-hybridized carbons (Fsp3) is 0.667. The Hall–Kier alpha value is -1.66. The zero-order chi connectivity index (χ0) is 16.9. The minimum absolute atomic E-state index is 0.152. The zero-order valence-corrected chi connectivity index (χ0v) is 13.9. The number of hydrogen-bond acceptors (Lipinski definition) is 6. The number of nitrogens with two attached hydrogens (primary N) is 1. The molecule has 0 heterocycles. The fourth-order valence-electron chi connectivity index (χ4n) is 5.99. The summed E-state index contributed by atoms with van der Waals surface area (Å²) in [7, 11) is 0. The minimum atomic E-state index is 0.152. The smallest absolute Gasteiger partial charge is 0.140 e. The first kappa shape index (κ1) is 15.8. The molecule has 5 atom stereocenters. The van der Waals surface area contributed by atoms with Crippen LogP contribution in [0.5, 0.6) is 0 Å². The van der Waals surface area contributed by atoms with E-state index >= 15 is 0 Å². The molecule has 0 aliphatic heterocycles. The number of benzene rings is 1. The van der Waals surface area contributed by atoms with Crippen LogP contribution in [0.1, 0.15) is 56.1 Å². The maximum atomic E-state index is 11.3. The Morgan fingerprint density at radius 2 is 2.00 bits per heavy atom. The Kier molecular flexibility index (Phi) is 3.77. The first-order chi connectivity index (χ1) is 11.6. The maximum Gasteiger partial charge on any atom is 0.140 e. The highest BCUT2D eigenvalue weighted by Gasteiger charge is 2.55. The molecule has 0 spiro atoms. The van der Waals surface area contributed by atoms with Crippen LogP contribution in [0.15, 0.2) is 22.5 Å². The van der Waals surface area contributed by atoms with E-state index < -0.39 is 0 Å². The highest BCUT2D eigenvalue weighted by molar-refractivity contribution is 5.69. The lowest BCUT2D eigenvalue weighted by atomic mass is 9.55. The summed E-state index contributed by atoms with van der Waals surface area (Å²) in [5, 5.41) is 6.08. The Morgan fingerprint density at radius 1 is 1.17 bits per heavy atom. The lowest BCUT2D eigenvalue weighted by Gasteiger charge is -2.50. The van der Waals surface area contributed by atoms with E-state index in [0.29, 0.717) is 17.8 Å². The van der Waals surface area contributed by atoms with E-state index in [9.17, 15) is 9.81 Å². The molecule has 128 valence electrons. The molecule has 0 bridgehead atoms. The van der Waals surface area contributed by atoms with Crippen molar-refractivity contribution in [3.05, 3.63) is 33.1 Å². The summed E-state index contributed by atoms with van der Waals surface area (Å²) in [6.07, 6.45) is 6.30. The SMILES string of the molecule is C[C@]12CCC3c4ccc(N=O)c(N=O)c4CCC3C1CC[C@@H]2ON. The summed E-state index contributed by atoms with van der Waals surface area (Å²) in [6.45, 7) is 2.33. The van der Waals surface area contributed by atoms with E-state index in [2.05, 4.69) is 17.3 Å². The predicted molar refractivity (Wildman–Crippen MR) is 91.0 cm³/mol. The van der Waals surface area contributed by atoms with Gasteiger partial charge in [0.15, 0.2) is 0 Å². The van der Waals surface area contributed by atoms with Crippen LogP contribution in [0.2, 0.25) is 0 Å². The van der Waals surface area contributed by atoms with Crippen LogP contribution in [0.4, 0.5) is 11.4 Å². The largest absolute Gasteiger partial charge is 0.301 e. The molecule has 24 heavy (non-hydrogen) atoms. The van der Waals surface area contributed by atoms with E-state index in [-0.39, 0.29) is 22.9 Å². The topological polar surface area (TPSA) is 94.1 Å². The van der Waals surface area contributed by atoms with Crippen LogP contribution >= 0.6 is 0 Å². The van der Waals surface area contributed by atoms with Crippen LogP contribution < -0.4 is 5.90 Å². The van der Waals surface area contributed by atoms with Gasteiger partial charge in [-0.25, -0.2) is 5.90 Å². The summed E-state index contributed by atoms with van der Waals surface area (Å²) in [4.78, 5) is 27.5. The first-order valence-electron chi connectivity index (χ1n) is 8.82. The molecule has 6 heteroatoms. The Labute approximate surface area is 141 Å². The summed E-state index contributed by atoms with van der Waals surface area (Å²) in [5.74, 6) is 7.18. The van der Waals surface area contributed by atoms with E-state index in [1.807, 2.05) is 6.07 Å². The molecule has 6 nitrogen and oxygen atoms in total. The van der Waals surface area contributed by atoms with Crippen molar-refractivity contribution in [3.63, 3.8) is 0 Å². The number of hydrogen-bond donors (Lipinski definition) is 1. The molecule has 3 unspecified atom stereocenters. The van der Waals surface area contributed by atoms with Gasteiger partial charge in [-0.2, -0.15) is 0 Å². The average Bonchev–Trinajstić information content (AvgIpc) is 2.96. The van der Waals surface area contributed by atoms with Gasteiger partial charge in [0.1, 0.15) is 11.4 Å². The summed E-state index contributed by atoms with van der Waals surface area (Å²) in [6, 6.07) is 3.64. The molecule has 2 fully saturated rings. The highest BCUT2D eigenvalue weighted by atomic mass is 16.6. The van der Waals surface area contributed by atoms with Gasteiger partial charge in [-0.1, -0.05) is 13.0 Å². The van der Waals surface area contributed by atoms with Crippen LogP contribution in [0, 0.1) is 27.1 Å². The van der Waals surface area contributed by atoms with Gasteiger partial charge in [-0.3, -0.25) is 0 Å². The molecule has 0 amide bonds. The normalized spacial score (nSPS) is 37.2. The van der Waals surface area contributed by atoms with Crippen molar-refractivity contribution in [2.75, 3.05) is 0 Å². The zero-order valence-electron chi connectivity index (χ0n) is 13.9. The van der Waals surface area contributed by atoms with Crippen molar-refractivity contribution in [2.45, 2.75) is 57.5 Å². The van der Waals surface area contributed by atoms with Crippen molar-refractivity contribution in [2.24, 2.45) is 33.5 Å². The van der Waals surface area contributed by atoms with Gasteiger partial charge in [0.25, 0.3) is 0 Å². The van der Waals surface area contributed by atoms with Gasteiger partial charge in [0.05, 0.1) is 6.10 Å². The van der Waals surface area contributed by atoms with E-state index in [1.165, 1.54) is 5.56 Å². The molecular formula is C18H23N3O3. The standard InChI is InChI=1S/C18H23N3O3/c1-18-9-8-11-10-4-6-15(20-22)17(21-23)13(10)3-2-12(11)14(18)5-7-16(18)24-19/h4,6,11-12,14,16H,2-3,5,7-9,19H2,1H3/t11?,12?,14?,16-,18-/m0/s1. The molecule has 4 rings (SSSR count). The van der Waals surface area contributed by atoms with Crippen LogP contribution in [-0.2, 0) is 11.3 Å². The first-order valence-corrected chi connectivity index (χ1v) is 8.82. The lowest BCUT2D eigenvalue weighted by molar-refractivity contribution is -0.0654. The number of nitrogens with zero attached hydrogens (tertiary/aromatic N) is 2. The van der Waals surface area contributed by atoms with E-state index in [0.717, 1.165) is 44.1 Å². The summed E-state index contributed by atoms with van der Waals surface area (Å²) < 4.78 is 0. The van der Waals surface area contributed by atoms with Gasteiger partial charge in [0, 0.05) is 0 Å². The second-order valence-electron chi connectivity index (χ2n) is 7.85. The van der Waals surface area contributed by atoms with Crippen molar-refractivity contribution in [1.82, 2.24) is 0 Å². The van der Waals surface area contributed by atoms with Crippen molar-refractivity contribution < 1.29 is 4.84 Å². The summed E-state index contributed by atoms with van der Waals surface area (Å²) >= 11 is 0. The number of fused-ring (bicyclic) bond motifs is 5. The highest BCUT2D eigenvalue weighted by Crippen LogP contribution is 2.62. The predicted octanol–water partition coefficient (Wildman–Crippen LogP) is 4.60. The third-order valence-electron chi connectivity index (χ3n) is 7.13. The molecule has 0 radical (unpaired) electrons. The van der Waals surface area contributed by atoms with Gasteiger partial charge in [-0.05, 0) is 89.2 Å². The van der Waals surface area contributed by atoms with Crippen LogP contribution in [0.3, 0.4) is 0 Å². The molecule has 2 N–H and O–H groups in total. The van der Waals surface area contributed by atoms with Gasteiger partial charge < -0.3 is 4.84 Å². The van der Waals surface area contributed by atoms with Crippen LogP contribution in [0.25, 0.3) is 0 Å². The monoisotopic (exact) mass is 329 g/mol. The second kappa shape index (κ2) is 5.70. The quantitative estimate of drug-likeness (QED) is 0.647. The second-order valence-corrected chi connectivity index (χ2v) is 7.85. The van der Waals surface area contributed by atoms with E-state index in [4.69, 9.17) is 10.7 Å². The average molecular weight is 329 g/mol. The Bertz CT molecular complexity index is 692. The molecule has 1 aromatic rings. The molecule has 3 aliphatic carbocycles.